The first-order chi connectivity index (χ1) is 10.2. The lowest BCUT2D eigenvalue weighted by molar-refractivity contribution is 0.232. The third-order valence-corrected chi connectivity index (χ3v) is 2.87. The van der Waals surface area contributed by atoms with E-state index in [0.29, 0.717) is 11.4 Å². The first-order valence-electron chi connectivity index (χ1n) is 6.98. The van der Waals surface area contributed by atoms with Crippen LogP contribution in [-0.2, 0) is 13.1 Å². The van der Waals surface area contributed by atoms with Crippen LogP contribution in [0.3, 0.4) is 0 Å². The van der Waals surface area contributed by atoms with Crippen LogP contribution in [0.2, 0.25) is 0 Å². The highest BCUT2D eigenvalue weighted by Crippen LogP contribution is 2.10. The number of aromatic nitrogens is 1. The molecule has 4 nitrogen and oxygen atoms in total. The van der Waals surface area contributed by atoms with E-state index in [2.05, 4.69) is 16.4 Å². The van der Waals surface area contributed by atoms with E-state index in [9.17, 15) is 0 Å². The average Bonchev–Trinajstić information content (AvgIpc) is 2.49. The molecule has 0 spiro atoms. The Hall–Kier alpha value is -2.38. The van der Waals surface area contributed by atoms with Gasteiger partial charge < -0.3 is 10.1 Å². The minimum atomic E-state index is 0.133. The summed E-state index contributed by atoms with van der Waals surface area (Å²) in [6.07, 6.45) is 1.95. The fourth-order valence-electron chi connectivity index (χ4n) is 1.93. The predicted octanol–water partition coefficient (Wildman–Crippen LogP) is 3.03. The summed E-state index contributed by atoms with van der Waals surface area (Å²) in [6.45, 7) is 5.41. The largest absolute Gasteiger partial charge is 0.475 e. The van der Waals surface area contributed by atoms with E-state index in [1.54, 1.807) is 6.07 Å². The molecule has 0 amide bonds. The van der Waals surface area contributed by atoms with Crippen LogP contribution in [0.25, 0.3) is 0 Å². The van der Waals surface area contributed by atoms with Crippen molar-refractivity contribution in [3.05, 3.63) is 59.3 Å². The van der Waals surface area contributed by atoms with Crippen LogP contribution in [0.15, 0.2) is 42.6 Å². The van der Waals surface area contributed by atoms with Gasteiger partial charge in [0.05, 0.1) is 17.7 Å². The number of hydrogen-bond donors (Lipinski definition) is 1. The van der Waals surface area contributed by atoms with Crippen molar-refractivity contribution in [3.63, 3.8) is 0 Å². The molecule has 1 heterocycles. The molecule has 0 atom stereocenters. The smallest absolute Gasteiger partial charge is 0.213 e. The lowest BCUT2D eigenvalue weighted by atomic mass is 10.1. The molecular weight excluding hydrogens is 262 g/mol. The molecule has 2 rings (SSSR count). The minimum Gasteiger partial charge on any atom is -0.475 e. The Morgan fingerprint density at radius 3 is 2.67 bits per heavy atom. The second-order valence-corrected chi connectivity index (χ2v) is 5.09. The number of ether oxygens (including phenoxy) is 1. The monoisotopic (exact) mass is 281 g/mol. The number of nitriles is 1. The van der Waals surface area contributed by atoms with Crippen LogP contribution < -0.4 is 10.1 Å². The Morgan fingerprint density at radius 2 is 2.00 bits per heavy atom. The quantitative estimate of drug-likeness (QED) is 0.884. The maximum absolute atomic E-state index is 8.86. The Kier molecular flexibility index (Phi) is 5.30. The zero-order valence-electron chi connectivity index (χ0n) is 12.3. The van der Waals surface area contributed by atoms with Crippen molar-refractivity contribution in [3.8, 4) is 11.9 Å². The van der Waals surface area contributed by atoms with Gasteiger partial charge in [0.15, 0.2) is 0 Å². The van der Waals surface area contributed by atoms with Crippen LogP contribution in [-0.4, -0.2) is 11.1 Å². The number of benzene rings is 1. The topological polar surface area (TPSA) is 57.9 Å². The number of hydrogen-bond acceptors (Lipinski definition) is 4. The molecule has 0 saturated heterocycles. The maximum Gasteiger partial charge on any atom is 0.213 e. The van der Waals surface area contributed by atoms with Crippen molar-refractivity contribution in [2.45, 2.75) is 33.0 Å². The Morgan fingerprint density at radius 1 is 1.19 bits per heavy atom. The SMILES string of the molecule is CC(C)Oc1ccc(CNCc2cccc(C#N)c2)cn1. The fraction of sp³-hybridized carbons (Fsp3) is 0.294. The summed E-state index contributed by atoms with van der Waals surface area (Å²) in [6, 6.07) is 13.6. The number of pyridine rings is 1. The molecule has 0 aliphatic heterocycles. The van der Waals surface area contributed by atoms with E-state index in [-0.39, 0.29) is 6.10 Å². The summed E-state index contributed by atoms with van der Waals surface area (Å²) in [4.78, 5) is 4.27. The van der Waals surface area contributed by atoms with Gasteiger partial charge in [-0.2, -0.15) is 5.26 Å². The van der Waals surface area contributed by atoms with E-state index in [1.807, 2.05) is 50.4 Å². The second kappa shape index (κ2) is 7.41. The van der Waals surface area contributed by atoms with Crippen molar-refractivity contribution < 1.29 is 4.74 Å². The molecular formula is C17H19N3O. The molecule has 21 heavy (non-hydrogen) atoms. The van der Waals surface area contributed by atoms with Gasteiger partial charge >= 0.3 is 0 Å². The summed E-state index contributed by atoms with van der Waals surface area (Å²) in [5, 5.41) is 12.2. The highest BCUT2D eigenvalue weighted by atomic mass is 16.5. The summed E-state index contributed by atoms with van der Waals surface area (Å²) < 4.78 is 5.51. The highest BCUT2D eigenvalue weighted by Gasteiger charge is 2.00. The zero-order chi connectivity index (χ0) is 15.1. The van der Waals surface area contributed by atoms with Gasteiger partial charge in [-0.25, -0.2) is 4.98 Å². The van der Waals surface area contributed by atoms with Gasteiger partial charge in [0.1, 0.15) is 0 Å². The lowest BCUT2D eigenvalue weighted by Gasteiger charge is -2.09. The first kappa shape index (κ1) is 15.0. The fourth-order valence-corrected chi connectivity index (χ4v) is 1.93. The van der Waals surface area contributed by atoms with E-state index in [4.69, 9.17) is 10.00 Å². The average molecular weight is 281 g/mol. The molecule has 1 aromatic carbocycles. The summed E-state index contributed by atoms with van der Waals surface area (Å²) >= 11 is 0. The number of nitrogens with one attached hydrogen (secondary N) is 1. The van der Waals surface area contributed by atoms with Gasteiger partial charge in [-0.05, 0) is 37.1 Å². The van der Waals surface area contributed by atoms with Gasteiger partial charge in [-0.1, -0.05) is 18.2 Å². The van der Waals surface area contributed by atoms with E-state index >= 15 is 0 Å². The molecule has 1 N–H and O–H groups in total. The molecule has 0 bridgehead atoms. The lowest BCUT2D eigenvalue weighted by Crippen LogP contribution is -2.13. The first-order valence-corrected chi connectivity index (χ1v) is 6.98. The molecule has 4 heteroatoms. The van der Waals surface area contributed by atoms with Gasteiger partial charge in [-0.3, -0.25) is 0 Å². The predicted molar refractivity (Wildman–Crippen MR) is 81.7 cm³/mol. The van der Waals surface area contributed by atoms with Gasteiger partial charge in [0.2, 0.25) is 5.88 Å². The molecule has 1 aromatic heterocycles. The maximum atomic E-state index is 8.86. The highest BCUT2D eigenvalue weighted by molar-refractivity contribution is 5.32. The van der Waals surface area contributed by atoms with Crippen molar-refractivity contribution in [1.29, 1.82) is 5.26 Å². The molecule has 0 fully saturated rings. The van der Waals surface area contributed by atoms with Gasteiger partial charge in [0.25, 0.3) is 0 Å². The van der Waals surface area contributed by atoms with Crippen LogP contribution in [0.1, 0.15) is 30.5 Å². The van der Waals surface area contributed by atoms with Crippen molar-refractivity contribution in [2.75, 3.05) is 0 Å². The third-order valence-electron chi connectivity index (χ3n) is 2.87. The summed E-state index contributed by atoms with van der Waals surface area (Å²) in [7, 11) is 0. The third kappa shape index (κ3) is 4.90. The molecule has 0 unspecified atom stereocenters. The molecule has 2 aromatic rings. The minimum absolute atomic E-state index is 0.133. The molecule has 0 aliphatic carbocycles. The molecule has 0 aliphatic rings. The van der Waals surface area contributed by atoms with Crippen LogP contribution >= 0.6 is 0 Å². The van der Waals surface area contributed by atoms with Crippen LogP contribution in [0.4, 0.5) is 0 Å². The molecule has 0 radical (unpaired) electrons. The Balaban J connectivity index is 1.84. The van der Waals surface area contributed by atoms with E-state index in [1.165, 1.54) is 0 Å². The summed E-state index contributed by atoms with van der Waals surface area (Å²) in [5.74, 6) is 0.649. The van der Waals surface area contributed by atoms with E-state index in [0.717, 1.165) is 24.2 Å². The van der Waals surface area contributed by atoms with Crippen molar-refractivity contribution in [1.82, 2.24) is 10.3 Å². The number of rotatable bonds is 6. The molecule has 0 saturated carbocycles. The van der Waals surface area contributed by atoms with Crippen LogP contribution in [0.5, 0.6) is 5.88 Å². The summed E-state index contributed by atoms with van der Waals surface area (Å²) in [5.41, 5.74) is 2.88. The Labute approximate surface area is 125 Å². The van der Waals surface area contributed by atoms with Crippen LogP contribution in [0, 0.1) is 11.3 Å². The van der Waals surface area contributed by atoms with Crippen molar-refractivity contribution in [2.24, 2.45) is 0 Å². The van der Waals surface area contributed by atoms with E-state index < -0.39 is 0 Å². The normalized spacial score (nSPS) is 10.4. The van der Waals surface area contributed by atoms with Gasteiger partial charge in [0, 0.05) is 25.4 Å². The Bertz CT molecular complexity index is 615. The number of nitrogens with zero attached hydrogens (tertiary/aromatic N) is 2. The second-order valence-electron chi connectivity index (χ2n) is 5.09. The van der Waals surface area contributed by atoms with Gasteiger partial charge in [-0.15, -0.1) is 0 Å². The standard InChI is InChI=1S/C17H19N3O/c1-13(2)21-17-7-6-16(12-20-17)11-19-10-15-5-3-4-14(8-15)9-18/h3-8,12-13,19H,10-11H2,1-2H3. The van der Waals surface area contributed by atoms with Crippen molar-refractivity contribution >= 4 is 0 Å². The molecule has 108 valence electrons. The zero-order valence-corrected chi connectivity index (χ0v) is 12.3.